The highest BCUT2D eigenvalue weighted by atomic mass is 35.5. The van der Waals surface area contributed by atoms with Crippen molar-refractivity contribution >= 4 is 11.6 Å². The summed E-state index contributed by atoms with van der Waals surface area (Å²) in [5, 5.41) is 0.223. The van der Waals surface area contributed by atoms with Gasteiger partial charge in [0.15, 0.2) is 0 Å². The van der Waals surface area contributed by atoms with Crippen molar-refractivity contribution in [2.24, 2.45) is 0 Å². The van der Waals surface area contributed by atoms with Crippen molar-refractivity contribution in [3.8, 4) is 0 Å². The van der Waals surface area contributed by atoms with E-state index in [9.17, 15) is 0 Å². The Balaban J connectivity index is 2.30. The predicted molar refractivity (Wildman–Crippen MR) is 61.9 cm³/mol. The Hall–Kier alpha value is -0.0100. The summed E-state index contributed by atoms with van der Waals surface area (Å²) in [7, 11) is 0. The van der Waals surface area contributed by atoms with Crippen LogP contribution in [0.25, 0.3) is 0 Å². The van der Waals surface area contributed by atoms with Crippen LogP contribution in [0.2, 0.25) is 0 Å². The van der Waals surface area contributed by atoms with Crippen molar-refractivity contribution in [3.63, 3.8) is 0 Å². The number of hydrogen-bond donors (Lipinski definition) is 0. The summed E-state index contributed by atoms with van der Waals surface area (Å²) in [5.74, 6) is 0. The number of allylic oxidation sites excluding steroid dienone is 1. The van der Waals surface area contributed by atoms with Crippen LogP contribution in [0.3, 0.4) is 0 Å². The first-order valence-corrected chi connectivity index (χ1v) is 6.14. The number of hydrogen-bond acceptors (Lipinski definition) is 1. The highest BCUT2D eigenvalue weighted by molar-refractivity contribution is 6.21. The summed E-state index contributed by atoms with van der Waals surface area (Å²) < 4.78 is 5.89. The zero-order valence-corrected chi connectivity index (χ0v) is 9.96. The molecule has 2 heteroatoms. The Labute approximate surface area is 92.5 Å². The molecule has 3 atom stereocenters. The van der Waals surface area contributed by atoms with Crippen LogP contribution in [0, 0.1) is 0 Å². The molecule has 0 saturated heterocycles. The van der Waals surface area contributed by atoms with Crippen LogP contribution >= 0.6 is 11.6 Å². The monoisotopic (exact) mass is 216 g/mol. The molecule has 1 aliphatic carbocycles. The zero-order valence-electron chi connectivity index (χ0n) is 9.21. The fraction of sp³-hybridized carbons (Fsp3) is 0.833. The van der Waals surface area contributed by atoms with E-state index in [1.54, 1.807) is 0 Å². The minimum atomic E-state index is 0.208. The lowest BCUT2D eigenvalue weighted by Gasteiger charge is -2.28. The second-order valence-corrected chi connectivity index (χ2v) is 4.58. The first kappa shape index (κ1) is 12.1. The van der Waals surface area contributed by atoms with Gasteiger partial charge in [-0.3, -0.25) is 0 Å². The lowest BCUT2D eigenvalue weighted by atomic mass is 9.97. The molecular formula is C12H21ClO. The van der Waals surface area contributed by atoms with Gasteiger partial charge in [0.1, 0.15) is 0 Å². The van der Waals surface area contributed by atoms with Gasteiger partial charge in [-0.05, 0) is 26.2 Å². The van der Waals surface area contributed by atoms with Gasteiger partial charge in [0, 0.05) is 0 Å². The molecule has 82 valence electrons. The molecule has 1 rings (SSSR count). The van der Waals surface area contributed by atoms with Crippen molar-refractivity contribution < 1.29 is 4.74 Å². The van der Waals surface area contributed by atoms with Gasteiger partial charge in [-0.1, -0.05) is 31.9 Å². The van der Waals surface area contributed by atoms with E-state index in [0.29, 0.717) is 0 Å². The summed E-state index contributed by atoms with van der Waals surface area (Å²) in [6, 6.07) is 0. The van der Waals surface area contributed by atoms with Crippen molar-refractivity contribution in [2.45, 2.75) is 63.5 Å². The van der Waals surface area contributed by atoms with Crippen molar-refractivity contribution in [1.29, 1.82) is 0 Å². The summed E-state index contributed by atoms with van der Waals surface area (Å²) in [4.78, 5) is 0. The lowest BCUT2D eigenvalue weighted by Crippen LogP contribution is -2.30. The first-order valence-electron chi connectivity index (χ1n) is 5.70. The summed E-state index contributed by atoms with van der Waals surface area (Å²) in [6.45, 7) is 4.22. The van der Waals surface area contributed by atoms with Crippen LogP contribution in [0.1, 0.15) is 46.0 Å². The molecule has 1 saturated carbocycles. The van der Waals surface area contributed by atoms with Gasteiger partial charge in [0.05, 0.1) is 17.6 Å². The largest absolute Gasteiger partial charge is 0.370 e. The summed E-state index contributed by atoms with van der Waals surface area (Å²) >= 11 is 6.21. The molecule has 0 N–H and O–H groups in total. The third-order valence-corrected chi connectivity index (χ3v) is 3.15. The molecule has 0 amide bonds. The number of halogens is 1. The van der Waals surface area contributed by atoms with Crippen molar-refractivity contribution in [2.75, 3.05) is 0 Å². The molecule has 0 aromatic carbocycles. The van der Waals surface area contributed by atoms with E-state index < -0.39 is 0 Å². The molecule has 1 aliphatic rings. The molecule has 0 radical (unpaired) electrons. The van der Waals surface area contributed by atoms with Gasteiger partial charge in [0.2, 0.25) is 0 Å². The third kappa shape index (κ3) is 4.02. The van der Waals surface area contributed by atoms with Gasteiger partial charge in [-0.15, -0.1) is 11.6 Å². The average Bonchev–Trinajstić information content (AvgIpc) is 2.18. The van der Waals surface area contributed by atoms with E-state index in [0.717, 1.165) is 19.3 Å². The maximum atomic E-state index is 6.21. The predicted octanol–water partition coefficient (Wildman–Crippen LogP) is 3.91. The molecule has 14 heavy (non-hydrogen) atoms. The van der Waals surface area contributed by atoms with Crippen LogP contribution in [0.4, 0.5) is 0 Å². The van der Waals surface area contributed by atoms with Crippen molar-refractivity contribution in [3.05, 3.63) is 12.2 Å². The van der Waals surface area contributed by atoms with Gasteiger partial charge in [0.25, 0.3) is 0 Å². The Kier molecular flexibility index (Phi) is 5.57. The fourth-order valence-electron chi connectivity index (χ4n) is 1.85. The Morgan fingerprint density at radius 3 is 2.79 bits per heavy atom. The molecule has 0 spiro atoms. The highest BCUT2D eigenvalue weighted by Gasteiger charge is 2.24. The molecule has 0 aromatic heterocycles. The van der Waals surface area contributed by atoms with E-state index in [1.165, 1.54) is 12.8 Å². The SMILES string of the molecule is CC/C=C/C(C)OC1CCCCC1Cl. The Morgan fingerprint density at radius 1 is 1.43 bits per heavy atom. The van der Waals surface area contributed by atoms with Gasteiger partial charge >= 0.3 is 0 Å². The fourth-order valence-corrected chi connectivity index (χ4v) is 2.19. The standard InChI is InChI=1S/C12H21ClO/c1-3-4-7-10(2)14-12-9-6-5-8-11(12)13/h4,7,10-12H,3,5-6,8-9H2,1-2H3/b7-4+. The summed E-state index contributed by atoms with van der Waals surface area (Å²) in [6.07, 6.45) is 10.6. The number of rotatable bonds is 4. The molecule has 0 aliphatic heterocycles. The van der Waals surface area contributed by atoms with E-state index in [2.05, 4.69) is 26.0 Å². The minimum absolute atomic E-state index is 0.208. The van der Waals surface area contributed by atoms with Gasteiger partial charge in [-0.25, -0.2) is 0 Å². The zero-order chi connectivity index (χ0) is 10.4. The quantitative estimate of drug-likeness (QED) is 0.512. The van der Waals surface area contributed by atoms with Crippen molar-refractivity contribution in [1.82, 2.24) is 0 Å². The highest BCUT2D eigenvalue weighted by Crippen LogP contribution is 2.26. The van der Waals surface area contributed by atoms with E-state index >= 15 is 0 Å². The average molecular weight is 217 g/mol. The second-order valence-electron chi connectivity index (χ2n) is 4.02. The molecule has 0 bridgehead atoms. The molecule has 0 aromatic rings. The maximum absolute atomic E-state index is 6.21. The van der Waals surface area contributed by atoms with E-state index in [4.69, 9.17) is 16.3 Å². The number of alkyl halides is 1. The topological polar surface area (TPSA) is 9.23 Å². The van der Waals surface area contributed by atoms with Crippen LogP contribution in [0.5, 0.6) is 0 Å². The molecular weight excluding hydrogens is 196 g/mol. The normalized spacial score (nSPS) is 30.8. The lowest BCUT2D eigenvalue weighted by molar-refractivity contribution is 0.00398. The third-order valence-electron chi connectivity index (χ3n) is 2.65. The molecule has 1 nitrogen and oxygen atoms in total. The Morgan fingerprint density at radius 2 is 2.14 bits per heavy atom. The van der Waals surface area contributed by atoms with Crippen LogP contribution in [-0.4, -0.2) is 17.6 Å². The summed E-state index contributed by atoms with van der Waals surface area (Å²) in [5.41, 5.74) is 0. The molecule has 3 unspecified atom stereocenters. The van der Waals surface area contributed by atoms with Crippen LogP contribution in [-0.2, 0) is 4.74 Å². The van der Waals surface area contributed by atoms with Gasteiger partial charge < -0.3 is 4.74 Å². The maximum Gasteiger partial charge on any atom is 0.0746 e. The smallest absolute Gasteiger partial charge is 0.0746 e. The van der Waals surface area contributed by atoms with E-state index in [1.807, 2.05) is 0 Å². The minimum Gasteiger partial charge on any atom is -0.370 e. The van der Waals surface area contributed by atoms with Gasteiger partial charge in [-0.2, -0.15) is 0 Å². The second kappa shape index (κ2) is 6.47. The molecule has 1 fully saturated rings. The molecule has 0 heterocycles. The van der Waals surface area contributed by atoms with Crippen LogP contribution < -0.4 is 0 Å². The van der Waals surface area contributed by atoms with E-state index in [-0.39, 0.29) is 17.6 Å². The van der Waals surface area contributed by atoms with Crippen LogP contribution in [0.15, 0.2) is 12.2 Å². The number of ether oxygens (including phenoxy) is 1. The first-order chi connectivity index (χ1) is 6.74. The Bertz CT molecular complexity index is 179.